The van der Waals surface area contributed by atoms with E-state index in [0.717, 1.165) is 6.42 Å². The zero-order valence-electron chi connectivity index (χ0n) is 8.49. The molecule has 2 N–H and O–H groups in total. The number of aromatic nitrogens is 2. The second-order valence-electron chi connectivity index (χ2n) is 2.91. The highest BCUT2D eigenvalue weighted by atomic mass is 16.5. The van der Waals surface area contributed by atoms with E-state index in [1.807, 2.05) is 6.92 Å². The van der Waals surface area contributed by atoms with Crippen molar-refractivity contribution in [2.45, 2.75) is 19.9 Å². The van der Waals surface area contributed by atoms with Gasteiger partial charge in [-0.3, -0.25) is 9.48 Å². The highest BCUT2D eigenvalue weighted by Gasteiger charge is 2.17. The number of aryl methyl sites for hydroxylation is 1. The molecule has 0 radical (unpaired) electrons. The highest BCUT2D eigenvalue weighted by Crippen LogP contribution is 2.17. The molecule has 0 saturated heterocycles. The van der Waals surface area contributed by atoms with E-state index in [1.165, 1.54) is 7.11 Å². The number of ether oxygens (including phenoxy) is 1. The van der Waals surface area contributed by atoms with Gasteiger partial charge in [-0.2, -0.15) is 5.10 Å². The minimum Gasteiger partial charge on any atom is -0.493 e. The quantitative estimate of drug-likeness (QED) is 0.695. The van der Waals surface area contributed by atoms with Gasteiger partial charge in [0.1, 0.15) is 5.69 Å². The number of ketones is 1. The van der Waals surface area contributed by atoms with Crippen molar-refractivity contribution < 1.29 is 9.53 Å². The van der Waals surface area contributed by atoms with Crippen molar-refractivity contribution in [2.24, 2.45) is 5.73 Å². The van der Waals surface area contributed by atoms with E-state index in [-0.39, 0.29) is 12.3 Å². The van der Waals surface area contributed by atoms with Gasteiger partial charge in [0.15, 0.2) is 11.5 Å². The molecule has 0 saturated carbocycles. The van der Waals surface area contributed by atoms with Crippen molar-refractivity contribution in [2.75, 3.05) is 13.7 Å². The number of rotatable bonds is 5. The molecule has 0 spiro atoms. The van der Waals surface area contributed by atoms with Crippen LogP contribution in [0.4, 0.5) is 0 Å². The Morgan fingerprint density at radius 2 is 2.43 bits per heavy atom. The zero-order chi connectivity index (χ0) is 10.6. The van der Waals surface area contributed by atoms with Gasteiger partial charge >= 0.3 is 0 Å². The standard InChI is InChI=1S/C9H15N3O2/c1-3-4-12-9(7(13)5-10)8(14-2)6-11-12/h6H,3-5,10H2,1-2H3. The molecule has 0 amide bonds. The van der Waals surface area contributed by atoms with Gasteiger partial charge in [-0.1, -0.05) is 6.92 Å². The number of hydrogen-bond donors (Lipinski definition) is 1. The molecule has 0 fully saturated rings. The molecule has 0 aliphatic carbocycles. The second kappa shape index (κ2) is 4.76. The van der Waals surface area contributed by atoms with Crippen LogP contribution in [0.3, 0.4) is 0 Å². The number of carbonyl (C=O) groups is 1. The van der Waals surface area contributed by atoms with Gasteiger partial charge in [-0.25, -0.2) is 0 Å². The monoisotopic (exact) mass is 197 g/mol. The summed E-state index contributed by atoms with van der Waals surface area (Å²) in [5.74, 6) is 0.349. The molecule has 14 heavy (non-hydrogen) atoms. The van der Waals surface area contributed by atoms with Crippen LogP contribution < -0.4 is 10.5 Å². The van der Waals surface area contributed by atoms with E-state index < -0.39 is 0 Å². The van der Waals surface area contributed by atoms with Crippen molar-refractivity contribution >= 4 is 5.78 Å². The van der Waals surface area contributed by atoms with Gasteiger partial charge in [0.2, 0.25) is 0 Å². The molecule has 0 aliphatic heterocycles. The van der Waals surface area contributed by atoms with Crippen LogP contribution >= 0.6 is 0 Å². The summed E-state index contributed by atoms with van der Waals surface area (Å²) in [5, 5.41) is 4.06. The number of methoxy groups -OCH3 is 1. The summed E-state index contributed by atoms with van der Waals surface area (Å²) in [6.45, 7) is 2.70. The molecule has 0 aliphatic rings. The van der Waals surface area contributed by atoms with Crippen LogP contribution in [0.25, 0.3) is 0 Å². The molecule has 78 valence electrons. The van der Waals surface area contributed by atoms with Crippen molar-refractivity contribution in [3.05, 3.63) is 11.9 Å². The maximum absolute atomic E-state index is 11.5. The van der Waals surface area contributed by atoms with Crippen LogP contribution in [-0.2, 0) is 6.54 Å². The van der Waals surface area contributed by atoms with Crippen molar-refractivity contribution in [3.8, 4) is 5.75 Å². The molecule has 5 nitrogen and oxygen atoms in total. The fourth-order valence-electron chi connectivity index (χ4n) is 1.28. The number of nitrogens with zero attached hydrogens (tertiary/aromatic N) is 2. The molecular weight excluding hydrogens is 182 g/mol. The molecule has 0 atom stereocenters. The number of carbonyl (C=O) groups excluding carboxylic acids is 1. The Morgan fingerprint density at radius 1 is 1.71 bits per heavy atom. The summed E-state index contributed by atoms with van der Waals surface area (Å²) in [6.07, 6.45) is 2.45. The molecule has 0 unspecified atom stereocenters. The first-order chi connectivity index (χ1) is 6.74. The van der Waals surface area contributed by atoms with Crippen LogP contribution in [0.5, 0.6) is 5.75 Å². The minimum absolute atomic E-state index is 0.0221. The third kappa shape index (κ3) is 1.93. The Balaban J connectivity index is 3.05. The Morgan fingerprint density at radius 3 is 2.93 bits per heavy atom. The number of hydrogen-bond acceptors (Lipinski definition) is 4. The van der Waals surface area contributed by atoms with Gasteiger partial charge in [0.25, 0.3) is 0 Å². The van der Waals surface area contributed by atoms with E-state index in [1.54, 1.807) is 10.9 Å². The summed E-state index contributed by atoms with van der Waals surface area (Å²) in [4.78, 5) is 11.5. The van der Waals surface area contributed by atoms with Gasteiger partial charge in [-0.15, -0.1) is 0 Å². The Bertz CT molecular complexity index is 320. The lowest BCUT2D eigenvalue weighted by Crippen LogP contribution is -2.19. The maximum Gasteiger partial charge on any atom is 0.198 e. The SMILES string of the molecule is CCCn1ncc(OC)c1C(=O)CN. The summed E-state index contributed by atoms with van der Waals surface area (Å²) in [6, 6.07) is 0. The van der Waals surface area contributed by atoms with Crippen LogP contribution in [0, 0.1) is 0 Å². The lowest BCUT2D eigenvalue weighted by Gasteiger charge is -2.05. The first-order valence-corrected chi connectivity index (χ1v) is 4.57. The van der Waals surface area contributed by atoms with Crippen molar-refractivity contribution in [1.82, 2.24) is 9.78 Å². The van der Waals surface area contributed by atoms with E-state index in [0.29, 0.717) is 18.0 Å². The van der Waals surface area contributed by atoms with E-state index in [2.05, 4.69) is 5.10 Å². The van der Waals surface area contributed by atoms with Gasteiger partial charge in [0, 0.05) is 6.54 Å². The average molecular weight is 197 g/mol. The first-order valence-electron chi connectivity index (χ1n) is 4.57. The minimum atomic E-state index is -0.146. The molecule has 5 heteroatoms. The number of nitrogens with two attached hydrogens (primary N) is 1. The molecule has 0 bridgehead atoms. The van der Waals surface area contributed by atoms with Crippen LogP contribution in [0.2, 0.25) is 0 Å². The zero-order valence-corrected chi connectivity index (χ0v) is 8.49. The Labute approximate surface area is 82.8 Å². The smallest absolute Gasteiger partial charge is 0.198 e. The predicted molar refractivity (Wildman–Crippen MR) is 52.5 cm³/mol. The number of Topliss-reactive ketones (excluding diaryl/α,β-unsaturated/α-hetero) is 1. The summed E-state index contributed by atoms with van der Waals surface area (Å²) >= 11 is 0. The third-order valence-electron chi connectivity index (χ3n) is 1.91. The van der Waals surface area contributed by atoms with Crippen molar-refractivity contribution in [3.63, 3.8) is 0 Å². The highest BCUT2D eigenvalue weighted by molar-refractivity contribution is 5.98. The van der Waals surface area contributed by atoms with Gasteiger partial charge in [0.05, 0.1) is 19.9 Å². The summed E-state index contributed by atoms with van der Waals surface area (Å²) in [5.41, 5.74) is 5.77. The van der Waals surface area contributed by atoms with Crippen molar-refractivity contribution in [1.29, 1.82) is 0 Å². The van der Waals surface area contributed by atoms with Crippen LogP contribution in [0.1, 0.15) is 23.8 Å². The first kappa shape index (κ1) is 10.7. The molecule has 1 heterocycles. The largest absolute Gasteiger partial charge is 0.493 e. The topological polar surface area (TPSA) is 70.1 Å². The van der Waals surface area contributed by atoms with E-state index in [9.17, 15) is 4.79 Å². The normalized spacial score (nSPS) is 10.2. The van der Waals surface area contributed by atoms with E-state index >= 15 is 0 Å². The fraction of sp³-hybridized carbons (Fsp3) is 0.556. The third-order valence-corrected chi connectivity index (χ3v) is 1.91. The predicted octanol–water partition coefficient (Wildman–Crippen LogP) is 0.443. The lowest BCUT2D eigenvalue weighted by molar-refractivity contribution is 0.0988. The molecule has 1 aromatic rings. The molecule has 1 rings (SSSR count). The van der Waals surface area contributed by atoms with E-state index in [4.69, 9.17) is 10.5 Å². The summed E-state index contributed by atoms with van der Waals surface area (Å²) < 4.78 is 6.67. The molecule has 0 aromatic carbocycles. The maximum atomic E-state index is 11.5. The molecular formula is C9H15N3O2. The van der Waals surface area contributed by atoms with Crippen LogP contribution in [0.15, 0.2) is 6.20 Å². The second-order valence-corrected chi connectivity index (χ2v) is 2.91. The average Bonchev–Trinajstić information content (AvgIpc) is 2.60. The Hall–Kier alpha value is -1.36. The van der Waals surface area contributed by atoms with Gasteiger partial charge in [-0.05, 0) is 6.42 Å². The lowest BCUT2D eigenvalue weighted by atomic mass is 10.2. The fourth-order valence-corrected chi connectivity index (χ4v) is 1.28. The Kier molecular flexibility index (Phi) is 3.64. The molecule has 1 aromatic heterocycles. The van der Waals surface area contributed by atoms with Crippen LogP contribution in [-0.4, -0.2) is 29.2 Å². The van der Waals surface area contributed by atoms with Gasteiger partial charge < -0.3 is 10.5 Å². The summed E-state index contributed by atoms with van der Waals surface area (Å²) in [7, 11) is 1.51.